The van der Waals surface area contributed by atoms with Gasteiger partial charge in [0.2, 0.25) is 0 Å². The minimum absolute atomic E-state index is 0.120. The number of aromatic nitrogens is 1. The Balaban J connectivity index is 2.17. The van der Waals surface area contributed by atoms with E-state index in [2.05, 4.69) is 54.2 Å². The second-order valence-electron chi connectivity index (χ2n) is 5.58. The number of nitrogens with zero attached hydrogens (tertiary/aromatic N) is 1. The van der Waals surface area contributed by atoms with Crippen LogP contribution in [0.1, 0.15) is 30.4 Å². The number of para-hydroxylation sites is 1. The lowest BCUT2D eigenvalue weighted by Gasteiger charge is -2.15. The maximum Gasteiger partial charge on any atom is 0.130 e. The predicted octanol–water partition coefficient (Wildman–Crippen LogP) is 4.29. The van der Waals surface area contributed by atoms with Gasteiger partial charge in [-0.1, -0.05) is 48.5 Å². The molecule has 0 spiro atoms. The molecule has 0 amide bonds. The summed E-state index contributed by atoms with van der Waals surface area (Å²) >= 11 is 0. The van der Waals surface area contributed by atoms with E-state index < -0.39 is 0 Å². The first kappa shape index (κ1) is 13.6. The number of carbonyl (C=O) groups excluding carboxylic acids is 1. The monoisotopic (exact) mass is 277 g/mol. The summed E-state index contributed by atoms with van der Waals surface area (Å²) in [4.78, 5) is 11.7. The fourth-order valence-corrected chi connectivity index (χ4v) is 3.03. The van der Waals surface area contributed by atoms with E-state index in [0.717, 1.165) is 0 Å². The molecule has 0 aliphatic rings. The number of hydrogen-bond acceptors (Lipinski definition) is 1. The Hall–Kier alpha value is -2.35. The molecule has 0 bridgehead atoms. The van der Waals surface area contributed by atoms with Gasteiger partial charge in [0.25, 0.3) is 0 Å². The van der Waals surface area contributed by atoms with E-state index in [1.165, 1.54) is 22.0 Å². The number of benzene rings is 2. The van der Waals surface area contributed by atoms with Gasteiger partial charge in [-0.2, -0.15) is 0 Å². The molecule has 0 saturated heterocycles. The van der Waals surface area contributed by atoms with E-state index >= 15 is 0 Å². The Morgan fingerprint density at radius 1 is 1.05 bits per heavy atom. The molecule has 1 heterocycles. The molecule has 2 nitrogen and oxygen atoms in total. The SMILES string of the molecule is CC(=O)CC(c1ccccc1)c1cn(C)c2ccccc12. The Morgan fingerprint density at radius 2 is 1.71 bits per heavy atom. The lowest BCUT2D eigenvalue weighted by atomic mass is 9.87. The van der Waals surface area contributed by atoms with Gasteiger partial charge in [0.1, 0.15) is 5.78 Å². The van der Waals surface area contributed by atoms with E-state index in [9.17, 15) is 4.79 Å². The molecule has 0 N–H and O–H groups in total. The summed E-state index contributed by atoms with van der Waals surface area (Å²) in [5.41, 5.74) is 3.63. The van der Waals surface area contributed by atoms with Crippen molar-refractivity contribution in [1.29, 1.82) is 0 Å². The van der Waals surface area contributed by atoms with Crippen LogP contribution in [-0.4, -0.2) is 10.4 Å². The Bertz CT molecular complexity index is 771. The average Bonchev–Trinajstić information content (AvgIpc) is 2.83. The highest BCUT2D eigenvalue weighted by molar-refractivity contribution is 5.86. The number of hydrogen-bond donors (Lipinski definition) is 0. The molecule has 0 saturated carbocycles. The minimum Gasteiger partial charge on any atom is -0.350 e. The van der Waals surface area contributed by atoms with Gasteiger partial charge in [0.15, 0.2) is 0 Å². The number of ketones is 1. The van der Waals surface area contributed by atoms with Crippen LogP contribution in [0.25, 0.3) is 10.9 Å². The number of rotatable bonds is 4. The first-order valence-electron chi connectivity index (χ1n) is 7.25. The van der Waals surface area contributed by atoms with E-state index in [-0.39, 0.29) is 11.7 Å². The van der Waals surface area contributed by atoms with E-state index in [1.54, 1.807) is 6.92 Å². The van der Waals surface area contributed by atoms with Crippen molar-refractivity contribution < 1.29 is 4.79 Å². The maximum atomic E-state index is 11.7. The van der Waals surface area contributed by atoms with Crippen LogP contribution < -0.4 is 0 Å². The van der Waals surface area contributed by atoms with Crippen LogP contribution >= 0.6 is 0 Å². The third kappa shape index (κ3) is 2.62. The first-order chi connectivity index (χ1) is 10.2. The van der Waals surface area contributed by atoms with E-state index in [4.69, 9.17) is 0 Å². The Labute approximate surface area is 125 Å². The van der Waals surface area contributed by atoms with Crippen LogP contribution in [0.3, 0.4) is 0 Å². The van der Waals surface area contributed by atoms with Gasteiger partial charge in [0, 0.05) is 36.5 Å². The summed E-state index contributed by atoms with van der Waals surface area (Å²) in [5.74, 6) is 0.339. The lowest BCUT2D eigenvalue weighted by Crippen LogP contribution is -2.05. The molecular weight excluding hydrogens is 258 g/mol. The zero-order chi connectivity index (χ0) is 14.8. The van der Waals surface area contributed by atoms with Crippen molar-refractivity contribution in [1.82, 2.24) is 4.57 Å². The molecule has 0 fully saturated rings. The number of aryl methyl sites for hydroxylation is 1. The summed E-state index contributed by atoms with van der Waals surface area (Å²) in [6.45, 7) is 1.67. The lowest BCUT2D eigenvalue weighted by molar-refractivity contribution is -0.117. The highest BCUT2D eigenvalue weighted by atomic mass is 16.1. The van der Waals surface area contributed by atoms with Gasteiger partial charge in [-0.3, -0.25) is 4.79 Å². The molecule has 0 aliphatic heterocycles. The molecular formula is C19H19NO. The van der Waals surface area contributed by atoms with E-state index in [1.807, 2.05) is 18.2 Å². The smallest absolute Gasteiger partial charge is 0.130 e. The van der Waals surface area contributed by atoms with Gasteiger partial charge in [-0.15, -0.1) is 0 Å². The third-order valence-corrected chi connectivity index (χ3v) is 4.00. The van der Waals surface area contributed by atoms with Crippen molar-refractivity contribution >= 4 is 16.7 Å². The normalized spacial score (nSPS) is 12.5. The molecule has 3 aromatic rings. The molecule has 3 rings (SSSR count). The van der Waals surface area contributed by atoms with Crippen LogP contribution in [0.5, 0.6) is 0 Å². The topological polar surface area (TPSA) is 22.0 Å². The first-order valence-corrected chi connectivity index (χ1v) is 7.25. The van der Waals surface area contributed by atoms with Gasteiger partial charge in [-0.25, -0.2) is 0 Å². The van der Waals surface area contributed by atoms with E-state index in [0.29, 0.717) is 6.42 Å². The predicted molar refractivity (Wildman–Crippen MR) is 86.5 cm³/mol. The van der Waals surface area contributed by atoms with Crippen molar-refractivity contribution in [3.63, 3.8) is 0 Å². The summed E-state index contributed by atoms with van der Waals surface area (Å²) in [7, 11) is 2.06. The van der Waals surface area contributed by atoms with Gasteiger partial charge >= 0.3 is 0 Å². The molecule has 2 heteroatoms. The molecule has 0 aliphatic carbocycles. The highest BCUT2D eigenvalue weighted by Gasteiger charge is 2.20. The molecule has 1 atom stereocenters. The van der Waals surface area contributed by atoms with Crippen LogP contribution in [0, 0.1) is 0 Å². The average molecular weight is 277 g/mol. The third-order valence-electron chi connectivity index (χ3n) is 4.00. The van der Waals surface area contributed by atoms with Crippen molar-refractivity contribution in [3.8, 4) is 0 Å². The molecule has 2 aromatic carbocycles. The zero-order valence-corrected chi connectivity index (χ0v) is 12.4. The number of carbonyl (C=O) groups is 1. The quantitative estimate of drug-likeness (QED) is 0.697. The molecule has 1 unspecified atom stereocenters. The standard InChI is InChI=1S/C19H19NO/c1-14(21)12-17(15-8-4-3-5-9-15)18-13-20(2)19-11-7-6-10-16(18)19/h3-11,13,17H,12H2,1-2H3. The number of Topliss-reactive ketones (excluding diaryl/α,β-unsaturated/α-hetero) is 1. The van der Waals surface area contributed by atoms with Crippen LogP contribution in [0.15, 0.2) is 60.8 Å². The van der Waals surface area contributed by atoms with Crippen molar-refractivity contribution in [2.75, 3.05) is 0 Å². The van der Waals surface area contributed by atoms with Gasteiger partial charge in [-0.05, 0) is 24.1 Å². The van der Waals surface area contributed by atoms with Crippen LogP contribution in [0.4, 0.5) is 0 Å². The fourth-order valence-electron chi connectivity index (χ4n) is 3.03. The van der Waals surface area contributed by atoms with Crippen molar-refractivity contribution in [2.24, 2.45) is 7.05 Å². The second-order valence-corrected chi connectivity index (χ2v) is 5.58. The fraction of sp³-hybridized carbons (Fsp3) is 0.211. The summed E-state index contributed by atoms with van der Waals surface area (Å²) in [6.07, 6.45) is 2.70. The van der Waals surface area contributed by atoms with Crippen LogP contribution in [-0.2, 0) is 11.8 Å². The second kappa shape index (κ2) is 5.57. The summed E-state index contributed by atoms with van der Waals surface area (Å²) in [5, 5.41) is 1.23. The summed E-state index contributed by atoms with van der Waals surface area (Å²) < 4.78 is 2.14. The van der Waals surface area contributed by atoms with Crippen molar-refractivity contribution in [2.45, 2.75) is 19.3 Å². The molecule has 0 radical (unpaired) electrons. The minimum atomic E-state index is 0.120. The molecule has 106 valence electrons. The maximum absolute atomic E-state index is 11.7. The van der Waals surface area contributed by atoms with Crippen LogP contribution in [0.2, 0.25) is 0 Å². The van der Waals surface area contributed by atoms with Crippen molar-refractivity contribution in [3.05, 3.63) is 71.9 Å². The zero-order valence-electron chi connectivity index (χ0n) is 12.4. The molecule has 1 aromatic heterocycles. The van der Waals surface area contributed by atoms with Gasteiger partial charge in [0.05, 0.1) is 0 Å². The summed E-state index contributed by atoms with van der Waals surface area (Å²) in [6, 6.07) is 18.7. The molecule has 21 heavy (non-hydrogen) atoms. The highest BCUT2D eigenvalue weighted by Crippen LogP contribution is 2.34. The largest absolute Gasteiger partial charge is 0.350 e. The number of fused-ring (bicyclic) bond motifs is 1. The Kier molecular flexibility index (Phi) is 3.61. The van der Waals surface area contributed by atoms with Gasteiger partial charge < -0.3 is 4.57 Å². The Morgan fingerprint density at radius 3 is 2.43 bits per heavy atom.